The lowest BCUT2D eigenvalue weighted by Gasteiger charge is -2.08. The van der Waals surface area contributed by atoms with Crippen molar-refractivity contribution in [2.45, 2.75) is 26.7 Å². The number of ketones is 1. The van der Waals surface area contributed by atoms with Gasteiger partial charge in [-0.3, -0.25) is 9.59 Å². The predicted octanol–water partition coefficient (Wildman–Crippen LogP) is 2.73. The van der Waals surface area contributed by atoms with E-state index in [1.807, 2.05) is 6.92 Å². The van der Waals surface area contributed by atoms with Crippen molar-refractivity contribution < 1.29 is 18.7 Å². The molecule has 4 heteroatoms. The first kappa shape index (κ1) is 12.4. The molecule has 0 radical (unpaired) electrons. The molecule has 0 saturated heterocycles. The molecule has 1 aromatic rings. The van der Waals surface area contributed by atoms with Gasteiger partial charge in [-0.1, -0.05) is 13.0 Å². The Morgan fingerprint density at radius 2 is 2.06 bits per heavy atom. The minimum atomic E-state index is -0.672. The first-order valence-electron chi connectivity index (χ1n) is 5.06. The van der Waals surface area contributed by atoms with Crippen LogP contribution in [0.2, 0.25) is 0 Å². The average molecular weight is 224 g/mol. The average Bonchev–Trinajstić information content (AvgIpc) is 2.17. The van der Waals surface area contributed by atoms with E-state index in [4.69, 9.17) is 4.74 Å². The number of carbonyl (C=O) groups excluding carboxylic acids is 2. The normalized spacial score (nSPS) is 9.94. The Morgan fingerprint density at radius 3 is 2.62 bits per heavy atom. The molecule has 0 aliphatic rings. The third-order valence-corrected chi connectivity index (χ3v) is 2.01. The summed E-state index contributed by atoms with van der Waals surface area (Å²) in [6, 6.07) is 3.97. The Hall–Kier alpha value is -1.71. The minimum absolute atomic E-state index is 0.00838. The van der Waals surface area contributed by atoms with Gasteiger partial charge in [0.25, 0.3) is 0 Å². The van der Waals surface area contributed by atoms with Crippen LogP contribution in [0.1, 0.15) is 37.0 Å². The number of hydrogen-bond donors (Lipinski definition) is 0. The Kier molecular flexibility index (Phi) is 4.17. The van der Waals surface area contributed by atoms with E-state index in [-0.39, 0.29) is 17.7 Å². The second-order valence-electron chi connectivity index (χ2n) is 3.39. The third-order valence-electron chi connectivity index (χ3n) is 2.01. The highest BCUT2D eigenvalue weighted by Crippen LogP contribution is 2.22. The highest BCUT2D eigenvalue weighted by atomic mass is 19.1. The standard InChI is InChI=1S/C12H13FO3/c1-3-5-11(15)16-10-7-4-6-9(13)12(10)8(2)14/h4,6-7H,3,5H2,1-2H3. The monoisotopic (exact) mass is 224 g/mol. The van der Waals surface area contributed by atoms with Crippen molar-refractivity contribution in [3.8, 4) is 5.75 Å². The number of ether oxygens (including phenoxy) is 1. The van der Waals surface area contributed by atoms with Crippen LogP contribution < -0.4 is 4.74 Å². The molecule has 3 nitrogen and oxygen atoms in total. The fourth-order valence-corrected chi connectivity index (χ4v) is 1.31. The molecule has 86 valence electrons. The zero-order valence-corrected chi connectivity index (χ0v) is 9.25. The Labute approximate surface area is 93.2 Å². The zero-order chi connectivity index (χ0) is 12.1. The molecule has 0 bridgehead atoms. The molecule has 1 rings (SSSR count). The summed E-state index contributed by atoms with van der Waals surface area (Å²) in [5.41, 5.74) is -0.174. The highest BCUT2D eigenvalue weighted by molar-refractivity contribution is 5.97. The van der Waals surface area contributed by atoms with Gasteiger partial charge < -0.3 is 4.74 Å². The first-order chi connectivity index (χ1) is 7.56. The maximum absolute atomic E-state index is 13.3. The summed E-state index contributed by atoms with van der Waals surface area (Å²) in [7, 11) is 0. The van der Waals surface area contributed by atoms with Gasteiger partial charge in [-0.05, 0) is 25.5 Å². The molecule has 0 N–H and O–H groups in total. The lowest BCUT2D eigenvalue weighted by molar-refractivity contribution is -0.134. The van der Waals surface area contributed by atoms with Crippen LogP contribution >= 0.6 is 0 Å². The number of halogens is 1. The van der Waals surface area contributed by atoms with Crippen molar-refractivity contribution >= 4 is 11.8 Å². The van der Waals surface area contributed by atoms with E-state index in [0.717, 1.165) is 6.07 Å². The van der Waals surface area contributed by atoms with Crippen LogP contribution in [0.5, 0.6) is 5.75 Å². The molecule has 0 unspecified atom stereocenters. The SMILES string of the molecule is CCCC(=O)Oc1cccc(F)c1C(C)=O. The Morgan fingerprint density at radius 1 is 1.38 bits per heavy atom. The fourth-order valence-electron chi connectivity index (χ4n) is 1.31. The van der Waals surface area contributed by atoms with Gasteiger partial charge in [-0.15, -0.1) is 0 Å². The van der Waals surface area contributed by atoms with Crippen LogP contribution in [0, 0.1) is 5.82 Å². The molecule has 0 aromatic heterocycles. The highest BCUT2D eigenvalue weighted by Gasteiger charge is 2.16. The lowest BCUT2D eigenvalue weighted by Crippen LogP contribution is -2.10. The maximum Gasteiger partial charge on any atom is 0.311 e. The number of esters is 1. The number of Topliss-reactive ketones (excluding diaryl/α,β-unsaturated/α-hetero) is 1. The molecule has 0 aliphatic carbocycles. The van der Waals surface area contributed by atoms with Gasteiger partial charge in [0, 0.05) is 6.42 Å². The molecule has 0 amide bonds. The summed E-state index contributed by atoms with van der Waals surface area (Å²) in [6.07, 6.45) is 0.886. The molecule has 0 atom stereocenters. The summed E-state index contributed by atoms with van der Waals surface area (Å²) < 4.78 is 18.3. The van der Waals surface area contributed by atoms with Crippen molar-refractivity contribution in [1.29, 1.82) is 0 Å². The van der Waals surface area contributed by atoms with Gasteiger partial charge in [-0.25, -0.2) is 4.39 Å². The van der Waals surface area contributed by atoms with Gasteiger partial charge in [-0.2, -0.15) is 0 Å². The van der Waals surface area contributed by atoms with Crippen LogP contribution in [-0.4, -0.2) is 11.8 Å². The number of rotatable bonds is 4. The van der Waals surface area contributed by atoms with E-state index in [0.29, 0.717) is 6.42 Å². The third kappa shape index (κ3) is 2.89. The van der Waals surface area contributed by atoms with Crippen molar-refractivity contribution in [3.05, 3.63) is 29.6 Å². The van der Waals surface area contributed by atoms with Gasteiger partial charge in [0.1, 0.15) is 11.6 Å². The van der Waals surface area contributed by atoms with Crippen LogP contribution in [0.15, 0.2) is 18.2 Å². The number of benzene rings is 1. The second kappa shape index (κ2) is 5.39. The summed E-state index contributed by atoms with van der Waals surface area (Å²) in [6.45, 7) is 3.06. The molecular formula is C12H13FO3. The van der Waals surface area contributed by atoms with Crippen molar-refractivity contribution in [3.63, 3.8) is 0 Å². The topological polar surface area (TPSA) is 43.4 Å². The predicted molar refractivity (Wildman–Crippen MR) is 56.9 cm³/mol. The molecule has 1 aromatic carbocycles. The molecule has 0 fully saturated rings. The quantitative estimate of drug-likeness (QED) is 0.448. The summed E-state index contributed by atoms with van der Waals surface area (Å²) in [5.74, 6) is -1.60. The molecule has 0 heterocycles. The molecular weight excluding hydrogens is 211 g/mol. The zero-order valence-electron chi connectivity index (χ0n) is 9.25. The number of carbonyl (C=O) groups is 2. The summed E-state index contributed by atoms with van der Waals surface area (Å²) in [5, 5.41) is 0. The number of hydrogen-bond acceptors (Lipinski definition) is 3. The first-order valence-corrected chi connectivity index (χ1v) is 5.06. The van der Waals surface area contributed by atoms with Crippen molar-refractivity contribution in [2.24, 2.45) is 0 Å². The molecule has 0 saturated carbocycles. The van der Waals surface area contributed by atoms with E-state index < -0.39 is 17.6 Å². The lowest BCUT2D eigenvalue weighted by atomic mass is 10.1. The minimum Gasteiger partial charge on any atom is -0.426 e. The Bertz CT molecular complexity index is 413. The maximum atomic E-state index is 13.3. The van der Waals surface area contributed by atoms with Gasteiger partial charge in [0.2, 0.25) is 0 Å². The van der Waals surface area contributed by atoms with Crippen LogP contribution in [0.4, 0.5) is 4.39 Å². The summed E-state index contributed by atoms with van der Waals surface area (Å²) >= 11 is 0. The smallest absolute Gasteiger partial charge is 0.311 e. The van der Waals surface area contributed by atoms with Crippen LogP contribution in [0.25, 0.3) is 0 Å². The van der Waals surface area contributed by atoms with E-state index in [1.165, 1.54) is 19.1 Å². The van der Waals surface area contributed by atoms with E-state index >= 15 is 0 Å². The van der Waals surface area contributed by atoms with E-state index in [9.17, 15) is 14.0 Å². The fraction of sp³-hybridized carbons (Fsp3) is 0.333. The van der Waals surface area contributed by atoms with Crippen LogP contribution in [0.3, 0.4) is 0 Å². The molecule has 16 heavy (non-hydrogen) atoms. The van der Waals surface area contributed by atoms with Crippen molar-refractivity contribution in [1.82, 2.24) is 0 Å². The summed E-state index contributed by atoms with van der Waals surface area (Å²) in [4.78, 5) is 22.4. The van der Waals surface area contributed by atoms with E-state index in [1.54, 1.807) is 0 Å². The Balaban J connectivity index is 3.00. The van der Waals surface area contributed by atoms with Crippen molar-refractivity contribution in [2.75, 3.05) is 0 Å². The second-order valence-corrected chi connectivity index (χ2v) is 3.39. The van der Waals surface area contributed by atoms with Crippen LogP contribution in [-0.2, 0) is 4.79 Å². The molecule has 0 spiro atoms. The van der Waals surface area contributed by atoms with Gasteiger partial charge in [0.05, 0.1) is 5.56 Å². The van der Waals surface area contributed by atoms with Gasteiger partial charge in [0.15, 0.2) is 5.78 Å². The van der Waals surface area contributed by atoms with E-state index in [2.05, 4.69) is 0 Å². The van der Waals surface area contributed by atoms with Gasteiger partial charge >= 0.3 is 5.97 Å². The largest absolute Gasteiger partial charge is 0.426 e. The molecule has 0 aliphatic heterocycles.